The molecule has 1 unspecified atom stereocenters. The minimum absolute atomic E-state index is 0.0100. The summed E-state index contributed by atoms with van der Waals surface area (Å²) < 4.78 is 6.91. The van der Waals surface area contributed by atoms with E-state index in [9.17, 15) is 9.59 Å². The van der Waals surface area contributed by atoms with Gasteiger partial charge >= 0.3 is 5.97 Å². The summed E-state index contributed by atoms with van der Waals surface area (Å²) in [5, 5.41) is 0. The van der Waals surface area contributed by atoms with Gasteiger partial charge in [0.15, 0.2) is 0 Å². The van der Waals surface area contributed by atoms with Crippen LogP contribution in [0.1, 0.15) is 36.3 Å². The van der Waals surface area contributed by atoms with Crippen molar-refractivity contribution in [2.45, 2.75) is 25.8 Å². The second-order valence-corrected chi connectivity index (χ2v) is 4.70. The number of primary amides is 1. The van der Waals surface area contributed by atoms with Crippen molar-refractivity contribution in [1.82, 2.24) is 4.57 Å². The molecule has 0 saturated heterocycles. The van der Waals surface area contributed by atoms with E-state index in [0.29, 0.717) is 17.4 Å². The molecule has 0 aromatic carbocycles. The number of esters is 1. The zero-order chi connectivity index (χ0) is 13.3. The molecule has 1 heterocycles. The van der Waals surface area contributed by atoms with E-state index in [2.05, 4.69) is 0 Å². The summed E-state index contributed by atoms with van der Waals surface area (Å²) in [6, 6.07) is 1.94. The molecule has 1 atom stereocenters. The molecule has 1 aliphatic rings. The highest BCUT2D eigenvalue weighted by molar-refractivity contribution is 5.89. The van der Waals surface area contributed by atoms with Gasteiger partial charge < -0.3 is 20.8 Å². The lowest BCUT2D eigenvalue weighted by atomic mass is 10.2. The van der Waals surface area contributed by atoms with Crippen LogP contribution in [0.3, 0.4) is 0 Å². The van der Waals surface area contributed by atoms with Crippen molar-refractivity contribution >= 4 is 17.6 Å². The molecule has 0 aliphatic heterocycles. The van der Waals surface area contributed by atoms with Crippen molar-refractivity contribution in [2.24, 2.45) is 11.7 Å². The Bertz CT molecular complexity index is 477. The highest BCUT2D eigenvalue weighted by Gasteiger charge is 2.28. The van der Waals surface area contributed by atoms with Crippen molar-refractivity contribution in [3.63, 3.8) is 0 Å². The summed E-state index contributed by atoms with van der Waals surface area (Å²) in [6.07, 6.45) is 3.84. The Labute approximate surface area is 105 Å². The second-order valence-electron chi connectivity index (χ2n) is 4.70. The molecule has 1 aliphatic carbocycles. The van der Waals surface area contributed by atoms with Crippen LogP contribution in [-0.2, 0) is 9.53 Å². The van der Waals surface area contributed by atoms with Gasteiger partial charge in [0.05, 0.1) is 11.6 Å². The number of amides is 1. The maximum Gasteiger partial charge on any atom is 0.355 e. The van der Waals surface area contributed by atoms with Crippen molar-refractivity contribution in [3.05, 3.63) is 18.0 Å². The monoisotopic (exact) mass is 251 g/mol. The molecule has 1 amide bonds. The largest absolute Gasteiger partial charge is 0.460 e. The zero-order valence-corrected chi connectivity index (χ0v) is 10.3. The highest BCUT2D eigenvalue weighted by atomic mass is 16.5. The average molecular weight is 251 g/mol. The van der Waals surface area contributed by atoms with E-state index in [1.54, 1.807) is 19.2 Å². The van der Waals surface area contributed by atoms with E-state index < -0.39 is 17.8 Å². The fourth-order valence-corrected chi connectivity index (χ4v) is 1.68. The number of nitrogen functional groups attached to an aromatic ring is 1. The first-order chi connectivity index (χ1) is 8.49. The lowest BCUT2D eigenvalue weighted by Crippen LogP contribution is -2.26. The van der Waals surface area contributed by atoms with Crippen LogP contribution in [0.15, 0.2) is 12.3 Å². The summed E-state index contributed by atoms with van der Waals surface area (Å²) in [5.74, 6) is -1.44. The van der Waals surface area contributed by atoms with E-state index in [-0.39, 0.29) is 6.61 Å². The minimum atomic E-state index is -0.490. The van der Waals surface area contributed by atoms with Gasteiger partial charge in [-0.05, 0) is 18.9 Å². The highest BCUT2D eigenvalue weighted by Crippen LogP contribution is 2.37. The van der Waals surface area contributed by atoms with Crippen LogP contribution < -0.4 is 11.5 Å². The van der Waals surface area contributed by atoms with Crippen LogP contribution in [0.4, 0.5) is 5.69 Å². The van der Waals surface area contributed by atoms with Gasteiger partial charge in [-0.15, -0.1) is 0 Å². The van der Waals surface area contributed by atoms with Crippen LogP contribution in [0, 0.1) is 5.92 Å². The van der Waals surface area contributed by atoms with Crippen LogP contribution in [0.25, 0.3) is 0 Å². The van der Waals surface area contributed by atoms with Crippen molar-refractivity contribution < 1.29 is 14.3 Å². The molecule has 98 valence electrons. The summed E-state index contributed by atoms with van der Waals surface area (Å²) in [7, 11) is 0. The standard InChI is InChI=1S/C12H17N3O3/c1-7(11(14)16)6-18-12(17)10-4-8(13)5-15(10)9-2-3-9/h4-5,7,9H,2-3,6,13H2,1H3,(H2,14,16). The van der Waals surface area contributed by atoms with E-state index in [0.717, 1.165) is 12.8 Å². The third-order valence-corrected chi connectivity index (χ3v) is 2.97. The van der Waals surface area contributed by atoms with Gasteiger partial charge in [0.1, 0.15) is 12.3 Å². The molecular weight excluding hydrogens is 234 g/mol. The molecule has 0 radical (unpaired) electrons. The van der Waals surface area contributed by atoms with Crippen LogP contribution in [0.2, 0.25) is 0 Å². The molecule has 0 spiro atoms. The van der Waals surface area contributed by atoms with Crippen molar-refractivity contribution in [2.75, 3.05) is 12.3 Å². The fraction of sp³-hybridized carbons (Fsp3) is 0.500. The number of ether oxygens (including phenoxy) is 1. The second kappa shape index (κ2) is 4.72. The molecule has 1 aromatic heterocycles. The van der Waals surface area contributed by atoms with Gasteiger partial charge in [0.25, 0.3) is 0 Å². The van der Waals surface area contributed by atoms with E-state index in [1.165, 1.54) is 0 Å². The molecule has 2 rings (SSSR count). The van der Waals surface area contributed by atoms with Crippen LogP contribution in [0.5, 0.6) is 0 Å². The first-order valence-electron chi connectivity index (χ1n) is 5.93. The third-order valence-electron chi connectivity index (χ3n) is 2.97. The number of anilines is 1. The zero-order valence-electron chi connectivity index (χ0n) is 10.3. The van der Waals surface area contributed by atoms with Crippen molar-refractivity contribution in [1.29, 1.82) is 0 Å². The van der Waals surface area contributed by atoms with Crippen LogP contribution >= 0.6 is 0 Å². The molecule has 4 N–H and O–H groups in total. The molecule has 6 heteroatoms. The number of nitrogens with zero attached hydrogens (tertiary/aromatic N) is 1. The molecule has 1 saturated carbocycles. The number of carbonyl (C=O) groups is 2. The SMILES string of the molecule is CC(COC(=O)c1cc(N)cn1C1CC1)C(N)=O. The van der Waals surface area contributed by atoms with E-state index >= 15 is 0 Å². The number of rotatable bonds is 5. The topological polar surface area (TPSA) is 100 Å². The minimum Gasteiger partial charge on any atom is -0.460 e. The Balaban J connectivity index is 2.02. The third kappa shape index (κ3) is 2.64. The predicted octanol–water partition coefficient (Wildman–Crippen LogP) is 0.683. The Kier molecular flexibility index (Phi) is 3.27. The predicted molar refractivity (Wildman–Crippen MR) is 65.8 cm³/mol. The molecular formula is C12H17N3O3. The maximum atomic E-state index is 11.9. The number of hydrogen-bond acceptors (Lipinski definition) is 4. The molecule has 6 nitrogen and oxygen atoms in total. The smallest absolute Gasteiger partial charge is 0.355 e. The first-order valence-corrected chi connectivity index (χ1v) is 5.93. The Morgan fingerprint density at radius 3 is 2.78 bits per heavy atom. The van der Waals surface area contributed by atoms with Gasteiger partial charge in [0, 0.05) is 12.2 Å². The van der Waals surface area contributed by atoms with Gasteiger partial charge in [-0.1, -0.05) is 6.92 Å². The summed E-state index contributed by atoms with van der Waals surface area (Å²) in [5.41, 5.74) is 11.8. The van der Waals surface area contributed by atoms with Gasteiger partial charge in [-0.3, -0.25) is 4.79 Å². The Morgan fingerprint density at radius 1 is 1.56 bits per heavy atom. The van der Waals surface area contributed by atoms with Gasteiger partial charge in [-0.2, -0.15) is 0 Å². The number of nitrogens with two attached hydrogens (primary N) is 2. The summed E-state index contributed by atoms with van der Waals surface area (Å²) in [4.78, 5) is 22.7. The average Bonchev–Trinajstić information content (AvgIpc) is 3.08. The molecule has 1 aromatic rings. The number of aromatic nitrogens is 1. The Hall–Kier alpha value is -1.98. The van der Waals surface area contributed by atoms with Crippen LogP contribution in [-0.4, -0.2) is 23.1 Å². The molecule has 1 fully saturated rings. The van der Waals surface area contributed by atoms with Gasteiger partial charge in [0.2, 0.25) is 5.91 Å². The quantitative estimate of drug-likeness (QED) is 0.751. The van der Waals surface area contributed by atoms with E-state index in [1.807, 2.05) is 4.57 Å². The summed E-state index contributed by atoms with van der Waals surface area (Å²) in [6.45, 7) is 1.60. The molecule has 18 heavy (non-hydrogen) atoms. The summed E-state index contributed by atoms with van der Waals surface area (Å²) >= 11 is 0. The lowest BCUT2D eigenvalue weighted by molar-refractivity contribution is -0.122. The normalized spacial score (nSPS) is 16.3. The number of hydrogen-bond donors (Lipinski definition) is 2. The fourth-order valence-electron chi connectivity index (χ4n) is 1.68. The first kappa shape index (κ1) is 12.5. The van der Waals surface area contributed by atoms with Crippen molar-refractivity contribution in [3.8, 4) is 0 Å². The maximum absolute atomic E-state index is 11.9. The van der Waals surface area contributed by atoms with Gasteiger partial charge in [-0.25, -0.2) is 4.79 Å². The molecule has 0 bridgehead atoms. The van der Waals surface area contributed by atoms with E-state index in [4.69, 9.17) is 16.2 Å². The lowest BCUT2D eigenvalue weighted by Gasteiger charge is -2.10. The Morgan fingerprint density at radius 2 is 2.22 bits per heavy atom. The number of carbonyl (C=O) groups excluding carboxylic acids is 2.